The second kappa shape index (κ2) is 10.5. The molecule has 0 spiro atoms. The molecule has 144 valence electrons. The first-order valence-electron chi connectivity index (χ1n) is 8.65. The summed E-state index contributed by atoms with van der Waals surface area (Å²) in [6.45, 7) is 3.51. The summed E-state index contributed by atoms with van der Waals surface area (Å²) < 4.78 is 5.45. The maximum atomic E-state index is 11.0. The van der Waals surface area contributed by atoms with Crippen LogP contribution in [0.5, 0.6) is 0 Å². The van der Waals surface area contributed by atoms with E-state index in [-0.39, 0.29) is 0 Å². The Hall–Kier alpha value is -1.86. The van der Waals surface area contributed by atoms with Crippen molar-refractivity contribution in [3.8, 4) is 0 Å². The van der Waals surface area contributed by atoms with Gasteiger partial charge in [0, 0.05) is 22.0 Å². The normalized spacial score (nSPS) is 10.7. The molecule has 2 aromatic carbocycles. The third-order valence-electron chi connectivity index (χ3n) is 3.54. The van der Waals surface area contributed by atoms with Gasteiger partial charge in [0.05, 0.1) is 17.6 Å². The van der Waals surface area contributed by atoms with Crippen LogP contribution in [0.2, 0.25) is 5.02 Å². The van der Waals surface area contributed by atoms with Gasteiger partial charge in [0.25, 0.3) is 0 Å². The largest absolute Gasteiger partial charge is 0.327 e. The van der Waals surface area contributed by atoms with Crippen molar-refractivity contribution in [2.24, 2.45) is 0 Å². The van der Waals surface area contributed by atoms with Crippen LogP contribution in [0.3, 0.4) is 0 Å². The van der Waals surface area contributed by atoms with Crippen LogP contribution >= 0.6 is 23.5 Å². The summed E-state index contributed by atoms with van der Waals surface area (Å²) >= 11 is 7.43. The van der Waals surface area contributed by atoms with E-state index in [9.17, 15) is 4.79 Å². The predicted molar refractivity (Wildman–Crippen MR) is 115 cm³/mol. The highest BCUT2D eigenvalue weighted by molar-refractivity contribution is 7.97. The summed E-state index contributed by atoms with van der Waals surface area (Å²) in [5.41, 5.74) is 2.57. The summed E-state index contributed by atoms with van der Waals surface area (Å²) in [6, 6.07) is 13.2. The summed E-state index contributed by atoms with van der Waals surface area (Å²) in [5, 5.41) is 0.730. The van der Waals surface area contributed by atoms with Crippen molar-refractivity contribution in [1.29, 1.82) is 0 Å². The smallest absolute Gasteiger partial charge is 0.150 e. The maximum absolute atomic E-state index is 11.0. The number of aryl methyl sites for hydroxylation is 1. The van der Waals surface area contributed by atoms with Gasteiger partial charge in [-0.15, -0.1) is 0 Å². The molecule has 1 N–H and O–H groups in total. The Morgan fingerprint density at radius 2 is 1.85 bits per heavy atom. The van der Waals surface area contributed by atoms with E-state index in [0.29, 0.717) is 12.1 Å². The van der Waals surface area contributed by atoms with Crippen molar-refractivity contribution in [3.05, 3.63) is 58.9 Å². The minimum absolute atomic E-state index is 0.631. The second-order valence-corrected chi connectivity index (χ2v) is 7.76. The fourth-order valence-electron chi connectivity index (χ4n) is 2.44. The lowest BCUT2D eigenvalue weighted by molar-refractivity contribution is 0.112. The van der Waals surface area contributed by atoms with Gasteiger partial charge in [0.1, 0.15) is 12.1 Å². The molecule has 27 heavy (non-hydrogen) atoms. The number of aromatic nitrogens is 2. The zero-order valence-corrected chi connectivity index (χ0v) is 17.6. The number of halogens is 1. The van der Waals surface area contributed by atoms with E-state index in [1.54, 1.807) is 18.0 Å². The third-order valence-corrected chi connectivity index (χ3v) is 4.59. The van der Waals surface area contributed by atoms with Crippen LogP contribution in [0.15, 0.2) is 47.4 Å². The molecule has 0 amide bonds. The number of rotatable bonds is 6. The van der Waals surface area contributed by atoms with Crippen LogP contribution in [0, 0.1) is 0 Å². The number of aldehydes is 1. The molecule has 0 bridgehead atoms. The quantitative estimate of drug-likeness (QED) is 0.484. The predicted octanol–water partition coefficient (Wildman–Crippen LogP) is 4.50. The molecule has 0 radical (unpaired) electrons. The average Bonchev–Trinajstić information content (AvgIpc) is 2.99. The van der Waals surface area contributed by atoms with Crippen molar-refractivity contribution in [3.63, 3.8) is 0 Å². The molecule has 0 atom stereocenters. The minimum atomic E-state index is 0.631. The van der Waals surface area contributed by atoms with Crippen LogP contribution in [-0.4, -0.2) is 41.9 Å². The van der Waals surface area contributed by atoms with Crippen molar-refractivity contribution >= 4 is 40.9 Å². The number of carbonyl (C=O) groups excluding carboxylic acids is 1. The van der Waals surface area contributed by atoms with Crippen LogP contribution < -0.4 is 4.72 Å². The third kappa shape index (κ3) is 6.36. The number of imidazole rings is 1. The van der Waals surface area contributed by atoms with E-state index in [1.165, 1.54) is 0 Å². The van der Waals surface area contributed by atoms with Gasteiger partial charge in [-0.25, -0.2) is 4.98 Å². The molecular formula is C20H25ClN4OS. The summed E-state index contributed by atoms with van der Waals surface area (Å²) in [7, 11) is 6.00. The Labute approximate surface area is 169 Å². The van der Waals surface area contributed by atoms with E-state index in [2.05, 4.69) is 21.2 Å². The lowest BCUT2D eigenvalue weighted by atomic mass is 10.2. The Bertz CT molecular complexity index is 875. The summed E-state index contributed by atoms with van der Waals surface area (Å²) in [5.74, 6) is 0.951. The molecule has 0 unspecified atom stereocenters. The minimum Gasteiger partial charge on any atom is -0.327 e. The standard InChI is InChI=1S/C17H16ClN3OS.C3H9N/c1-2-21-16-9-12(11-22)3-8-15(16)20-17(21)10-19-23-14-6-4-13(18)5-7-14;1-4(2)3/h3-9,11,19H,2,10H2,1H3;1-3H3. The number of benzene rings is 2. The molecule has 0 aliphatic heterocycles. The highest BCUT2D eigenvalue weighted by Crippen LogP contribution is 2.20. The zero-order chi connectivity index (χ0) is 19.8. The van der Waals surface area contributed by atoms with Gasteiger partial charge in [0.2, 0.25) is 0 Å². The summed E-state index contributed by atoms with van der Waals surface area (Å²) in [6.07, 6.45) is 0.862. The van der Waals surface area contributed by atoms with E-state index in [1.807, 2.05) is 62.4 Å². The molecule has 0 fully saturated rings. The Morgan fingerprint density at radius 3 is 2.44 bits per heavy atom. The molecule has 5 nitrogen and oxygen atoms in total. The number of carbonyl (C=O) groups is 1. The molecule has 3 rings (SSSR count). The van der Waals surface area contributed by atoms with Gasteiger partial charge in [-0.2, -0.15) is 0 Å². The van der Waals surface area contributed by atoms with Gasteiger partial charge in [-0.1, -0.05) is 11.6 Å². The highest BCUT2D eigenvalue weighted by Gasteiger charge is 2.10. The molecule has 1 aromatic heterocycles. The van der Waals surface area contributed by atoms with Gasteiger partial charge >= 0.3 is 0 Å². The van der Waals surface area contributed by atoms with Crippen LogP contribution in [0.4, 0.5) is 0 Å². The second-order valence-electron chi connectivity index (χ2n) is 6.36. The van der Waals surface area contributed by atoms with Gasteiger partial charge in [-0.05, 0) is 82.5 Å². The Kier molecular flexibility index (Phi) is 8.31. The average molecular weight is 405 g/mol. The van der Waals surface area contributed by atoms with E-state index in [0.717, 1.165) is 39.6 Å². The number of nitrogens with one attached hydrogen (secondary N) is 1. The molecule has 0 saturated heterocycles. The lowest BCUT2D eigenvalue weighted by Crippen LogP contribution is -2.10. The molecule has 3 aromatic rings. The first kappa shape index (κ1) is 21.4. The number of hydrogen-bond donors (Lipinski definition) is 1. The SMILES string of the molecule is CCn1c(CNSc2ccc(Cl)cc2)nc2ccc(C=O)cc21.CN(C)C. The molecule has 7 heteroatoms. The molecule has 0 saturated carbocycles. The fourth-order valence-corrected chi connectivity index (χ4v) is 3.20. The Morgan fingerprint density at radius 1 is 1.19 bits per heavy atom. The van der Waals surface area contributed by atoms with Crippen molar-refractivity contribution in [2.75, 3.05) is 21.1 Å². The first-order chi connectivity index (χ1) is 12.9. The molecule has 0 aliphatic carbocycles. The van der Waals surface area contributed by atoms with Gasteiger partial charge in [-0.3, -0.25) is 9.52 Å². The van der Waals surface area contributed by atoms with Crippen LogP contribution in [0.1, 0.15) is 23.1 Å². The number of hydrogen-bond acceptors (Lipinski definition) is 5. The van der Waals surface area contributed by atoms with Crippen molar-refractivity contribution in [1.82, 2.24) is 19.2 Å². The zero-order valence-electron chi connectivity index (χ0n) is 16.1. The topological polar surface area (TPSA) is 50.2 Å². The van der Waals surface area contributed by atoms with E-state index >= 15 is 0 Å². The molecular weight excluding hydrogens is 380 g/mol. The Balaban J connectivity index is 0.000000596. The molecule has 1 heterocycles. The maximum Gasteiger partial charge on any atom is 0.150 e. The monoisotopic (exact) mass is 404 g/mol. The molecule has 0 aliphatic rings. The van der Waals surface area contributed by atoms with Crippen LogP contribution in [-0.2, 0) is 13.1 Å². The van der Waals surface area contributed by atoms with Gasteiger partial charge in [0.15, 0.2) is 0 Å². The number of nitrogens with zero attached hydrogens (tertiary/aromatic N) is 3. The van der Waals surface area contributed by atoms with E-state index < -0.39 is 0 Å². The van der Waals surface area contributed by atoms with E-state index in [4.69, 9.17) is 11.6 Å². The van der Waals surface area contributed by atoms with Crippen molar-refractivity contribution in [2.45, 2.75) is 24.9 Å². The number of fused-ring (bicyclic) bond motifs is 1. The first-order valence-corrected chi connectivity index (χ1v) is 9.84. The fraction of sp³-hybridized carbons (Fsp3) is 0.300. The summed E-state index contributed by atoms with van der Waals surface area (Å²) in [4.78, 5) is 18.7. The van der Waals surface area contributed by atoms with Crippen LogP contribution in [0.25, 0.3) is 11.0 Å². The van der Waals surface area contributed by atoms with Gasteiger partial charge < -0.3 is 9.47 Å². The van der Waals surface area contributed by atoms with Crippen molar-refractivity contribution < 1.29 is 4.79 Å². The lowest BCUT2D eigenvalue weighted by Gasteiger charge is -2.07. The highest BCUT2D eigenvalue weighted by atomic mass is 35.5.